The molecule has 0 aliphatic heterocycles. The van der Waals surface area contributed by atoms with Crippen LogP contribution in [0, 0.1) is 21.4 Å². The molecule has 1 amide bonds. The molecule has 3 aromatic carbocycles. The second-order valence-corrected chi connectivity index (χ2v) is 7.30. The van der Waals surface area contributed by atoms with E-state index in [0.717, 1.165) is 0 Å². The summed E-state index contributed by atoms with van der Waals surface area (Å²) in [5.74, 6) is -1.40. The number of halogens is 2. The molecule has 0 bridgehead atoms. The number of ether oxygens (including phenoxy) is 1. The fourth-order valence-corrected chi connectivity index (χ4v) is 2.99. The Kier molecular flexibility index (Phi) is 7.41. The largest absolute Gasteiger partial charge is 0.423 e. The molecule has 164 valence electrons. The lowest BCUT2D eigenvalue weighted by molar-refractivity contribution is -0.385. The van der Waals surface area contributed by atoms with Gasteiger partial charge in [-0.2, -0.15) is 5.26 Å². The molecule has 0 aliphatic rings. The van der Waals surface area contributed by atoms with Crippen LogP contribution in [0.1, 0.15) is 15.9 Å². The highest BCUT2D eigenvalue weighted by atomic mass is 35.5. The molecule has 3 aromatic rings. The minimum absolute atomic E-state index is 0.133. The average molecular weight is 482 g/mol. The van der Waals surface area contributed by atoms with Gasteiger partial charge in [0, 0.05) is 11.8 Å². The Bertz CT molecular complexity index is 1310. The third kappa shape index (κ3) is 5.95. The number of nitriles is 1. The number of nitro groups is 1. The van der Waals surface area contributed by atoms with Gasteiger partial charge in [0.15, 0.2) is 0 Å². The lowest BCUT2D eigenvalue weighted by Crippen LogP contribution is -2.13. The fraction of sp³-hybridized carbons (Fsp3) is 0. The number of carbonyl (C=O) groups is 2. The molecule has 0 saturated heterocycles. The van der Waals surface area contributed by atoms with E-state index >= 15 is 0 Å². The molecule has 0 aromatic heterocycles. The number of esters is 1. The maximum atomic E-state index is 12.4. The number of benzene rings is 3. The van der Waals surface area contributed by atoms with Crippen LogP contribution in [0.4, 0.5) is 11.4 Å². The van der Waals surface area contributed by atoms with Gasteiger partial charge in [-0.1, -0.05) is 47.5 Å². The lowest BCUT2D eigenvalue weighted by atomic mass is 10.1. The Morgan fingerprint density at radius 1 is 1.03 bits per heavy atom. The summed E-state index contributed by atoms with van der Waals surface area (Å²) in [4.78, 5) is 35.1. The van der Waals surface area contributed by atoms with Gasteiger partial charge in [0.2, 0.25) is 0 Å². The van der Waals surface area contributed by atoms with Crippen LogP contribution in [0.2, 0.25) is 10.0 Å². The first-order chi connectivity index (χ1) is 15.8. The Morgan fingerprint density at radius 3 is 2.36 bits per heavy atom. The van der Waals surface area contributed by atoms with E-state index in [2.05, 4.69) is 5.32 Å². The number of rotatable bonds is 6. The van der Waals surface area contributed by atoms with Crippen molar-refractivity contribution in [3.63, 3.8) is 0 Å². The molecule has 3 rings (SSSR count). The lowest BCUT2D eigenvalue weighted by Gasteiger charge is -2.07. The zero-order chi connectivity index (χ0) is 24.0. The van der Waals surface area contributed by atoms with E-state index in [1.54, 1.807) is 6.07 Å². The van der Waals surface area contributed by atoms with Gasteiger partial charge in [-0.3, -0.25) is 14.9 Å². The number of nitrogens with zero attached hydrogens (tertiary/aromatic N) is 2. The van der Waals surface area contributed by atoms with E-state index in [-0.39, 0.29) is 27.6 Å². The average Bonchev–Trinajstić information content (AvgIpc) is 2.80. The first-order valence-electron chi connectivity index (χ1n) is 9.22. The van der Waals surface area contributed by atoms with E-state index in [1.165, 1.54) is 66.7 Å². The van der Waals surface area contributed by atoms with Crippen molar-refractivity contribution in [3.05, 3.63) is 104 Å². The zero-order valence-corrected chi connectivity index (χ0v) is 18.1. The van der Waals surface area contributed by atoms with Crippen LogP contribution in [0.15, 0.2) is 72.3 Å². The van der Waals surface area contributed by atoms with Crippen LogP contribution in [-0.2, 0) is 4.79 Å². The molecular formula is C23H13Cl2N3O5. The van der Waals surface area contributed by atoms with E-state index in [0.29, 0.717) is 16.3 Å². The maximum Gasteiger partial charge on any atom is 0.350 e. The standard InChI is InChI=1S/C23H13Cl2N3O5/c24-19-10-7-16(12-20(19)25)27-22(29)15(13-26)11-14-5-8-17(9-6-14)33-23(30)18-3-1-2-4-21(18)28(31)32/h1-12H,(H,27,29)/b15-11-. The van der Waals surface area contributed by atoms with E-state index in [9.17, 15) is 25.0 Å². The molecular weight excluding hydrogens is 469 g/mol. The van der Waals surface area contributed by atoms with Gasteiger partial charge in [-0.15, -0.1) is 0 Å². The molecule has 10 heteroatoms. The molecule has 0 heterocycles. The van der Waals surface area contributed by atoms with Crippen LogP contribution in [-0.4, -0.2) is 16.8 Å². The molecule has 0 saturated carbocycles. The first kappa shape index (κ1) is 23.5. The number of para-hydroxylation sites is 1. The number of nitro benzene ring substituents is 1. The Labute approximate surface area is 197 Å². The number of nitrogens with one attached hydrogen (secondary N) is 1. The van der Waals surface area contributed by atoms with Crippen molar-refractivity contribution in [2.75, 3.05) is 5.32 Å². The number of hydrogen-bond donors (Lipinski definition) is 1. The molecule has 33 heavy (non-hydrogen) atoms. The van der Waals surface area contributed by atoms with E-state index in [1.807, 2.05) is 6.07 Å². The molecule has 0 radical (unpaired) electrons. The third-order valence-corrected chi connectivity index (χ3v) is 5.00. The Hall–Kier alpha value is -4.19. The molecule has 0 spiro atoms. The molecule has 0 aliphatic carbocycles. The minimum Gasteiger partial charge on any atom is -0.423 e. The predicted molar refractivity (Wildman–Crippen MR) is 123 cm³/mol. The van der Waals surface area contributed by atoms with Crippen LogP contribution in [0.25, 0.3) is 6.08 Å². The molecule has 1 N–H and O–H groups in total. The second-order valence-electron chi connectivity index (χ2n) is 6.49. The zero-order valence-electron chi connectivity index (χ0n) is 16.6. The van der Waals surface area contributed by atoms with Crippen molar-refractivity contribution in [2.45, 2.75) is 0 Å². The van der Waals surface area contributed by atoms with Crippen LogP contribution in [0.5, 0.6) is 5.75 Å². The fourth-order valence-electron chi connectivity index (χ4n) is 2.69. The van der Waals surface area contributed by atoms with Crippen molar-refractivity contribution in [2.24, 2.45) is 0 Å². The van der Waals surface area contributed by atoms with Gasteiger partial charge < -0.3 is 10.1 Å². The number of carbonyl (C=O) groups excluding carboxylic acids is 2. The minimum atomic E-state index is -0.885. The predicted octanol–water partition coefficient (Wildman–Crippen LogP) is 5.67. The Morgan fingerprint density at radius 2 is 1.73 bits per heavy atom. The van der Waals surface area contributed by atoms with Gasteiger partial charge >= 0.3 is 5.97 Å². The summed E-state index contributed by atoms with van der Waals surface area (Å²) < 4.78 is 5.19. The highest BCUT2D eigenvalue weighted by Gasteiger charge is 2.21. The monoisotopic (exact) mass is 481 g/mol. The number of amides is 1. The summed E-state index contributed by atoms with van der Waals surface area (Å²) in [5, 5.41) is 23.6. The summed E-state index contributed by atoms with van der Waals surface area (Å²) in [6.07, 6.45) is 1.35. The summed E-state index contributed by atoms with van der Waals surface area (Å²) >= 11 is 11.8. The number of hydrogen-bond acceptors (Lipinski definition) is 6. The van der Waals surface area contributed by atoms with Gasteiger partial charge in [0.1, 0.15) is 23.0 Å². The van der Waals surface area contributed by atoms with Gasteiger partial charge in [-0.25, -0.2) is 4.79 Å². The topological polar surface area (TPSA) is 122 Å². The van der Waals surface area contributed by atoms with Crippen molar-refractivity contribution in [1.29, 1.82) is 5.26 Å². The van der Waals surface area contributed by atoms with Crippen molar-refractivity contribution in [3.8, 4) is 11.8 Å². The van der Waals surface area contributed by atoms with Crippen molar-refractivity contribution in [1.82, 2.24) is 0 Å². The van der Waals surface area contributed by atoms with Crippen LogP contribution >= 0.6 is 23.2 Å². The summed E-state index contributed by atoms with van der Waals surface area (Å²) in [6, 6.07) is 17.7. The third-order valence-electron chi connectivity index (χ3n) is 4.26. The summed E-state index contributed by atoms with van der Waals surface area (Å²) in [6.45, 7) is 0. The van der Waals surface area contributed by atoms with Gasteiger partial charge in [0.05, 0.1) is 15.0 Å². The van der Waals surface area contributed by atoms with E-state index in [4.69, 9.17) is 27.9 Å². The van der Waals surface area contributed by atoms with Crippen molar-refractivity contribution >= 4 is 52.5 Å². The van der Waals surface area contributed by atoms with Crippen molar-refractivity contribution < 1.29 is 19.2 Å². The highest BCUT2D eigenvalue weighted by molar-refractivity contribution is 6.42. The summed E-state index contributed by atoms with van der Waals surface area (Å²) in [5.41, 5.74) is 0.130. The Balaban J connectivity index is 1.72. The smallest absolute Gasteiger partial charge is 0.350 e. The van der Waals surface area contributed by atoms with Gasteiger partial charge in [0.25, 0.3) is 11.6 Å². The normalized spacial score (nSPS) is 10.8. The van der Waals surface area contributed by atoms with Crippen LogP contribution in [0.3, 0.4) is 0 Å². The maximum absolute atomic E-state index is 12.4. The second kappa shape index (κ2) is 10.4. The molecule has 0 atom stereocenters. The molecule has 8 nitrogen and oxygen atoms in total. The van der Waals surface area contributed by atoms with Crippen LogP contribution < -0.4 is 10.1 Å². The highest BCUT2D eigenvalue weighted by Crippen LogP contribution is 2.25. The van der Waals surface area contributed by atoms with E-state index < -0.39 is 16.8 Å². The first-order valence-corrected chi connectivity index (χ1v) is 9.98. The molecule has 0 unspecified atom stereocenters. The molecule has 0 fully saturated rings. The quantitative estimate of drug-likeness (QED) is 0.121. The summed E-state index contributed by atoms with van der Waals surface area (Å²) in [7, 11) is 0. The van der Waals surface area contributed by atoms with Gasteiger partial charge in [-0.05, 0) is 48.0 Å². The number of anilines is 1. The SMILES string of the molecule is N#C/C(=C/c1ccc(OC(=O)c2ccccc2[N+](=O)[O-])cc1)C(=O)Nc1ccc(Cl)c(Cl)c1.